The molecule has 6 nitrogen and oxygen atoms in total. The van der Waals surface area contributed by atoms with Crippen LogP contribution in [0.4, 0.5) is 0 Å². The van der Waals surface area contributed by atoms with Crippen molar-refractivity contribution in [1.29, 1.82) is 0 Å². The molecule has 9 heteroatoms. The summed E-state index contributed by atoms with van der Waals surface area (Å²) >= 11 is 4.15. The van der Waals surface area contributed by atoms with E-state index in [1.807, 2.05) is 34.6 Å². The van der Waals surface area contributed by atoms with Crippen molar-refractivity contribution < 1.29 is 9.59 Å². The third-order valence-corrected chi connectivity index (χ3v) is 5.67. The van der Waals surface area contributed by atoms with Gasteiger partial charge in [0.25, 0.3) is 0 Å². The molecule has 0 saturated carbocycles. The normalized spacial score (nSPS) is 12.7. The van der Waals surface area contributed by atoms with Gasteiger partial charge in [-0.2, -0.15) is 0 Å². The minimum Gasteiger partial charge on any atom is -0.355 e. The molecule has 0 aliphatic rings. The molecule has 2 N–H and O–H groups in total. The molecule has 0 saturated heterocycles. The third-order valence-electron chi connectivity index (χ3n) is 2.43. The number of aromatic nitrogens is 2. The quantitative estimate of drug-likeness (QED) is 0.678. The van der Waals surface area contributed by atoms with Gasteiger partial charge in [0.15, 0.2) is 8.68 Å². The van der Waals surface area contributed by atoms with Crippen molar-refractivity contribution in [2.75, 3.05) is 12.3 Å². The summed E-state index contributed by atoms with van der Waals surface area (Å²) in [5.74, 6) is 0.310. The highest BCUT2D eigenvalue weighted by Crippen LogP contribution is 2.31. The second kappa shape index (κ2) is 9.48. The maximum absolute atomic E-state index is 12.1. The standard InChI is InChI=1S/C14H24N4O2S3/c1-6-7-15-10(19)8-21-12-17-18-13(23-12)22-9(2)11(20)16-14(3,4)5/h9H,6-8H2,1-5H3,(H,15,19)(H,16,20)/t9-/m0/s1. The van der Waals surface area contributed by atoms with E-state index in [0.29, 0.717) is 12.3 Å². The molecule has 0 bridgehead atoms. The zero-order chi connectivity index (χ0) is 17.5. The van der Waals surface area contributed by atoms with E-state index < -0.39 is 0 Å². The fraction of sp³-hybridized carbons (Fsp3) is 0.714. The highest BCUT2D eigenvalue weighted by atomic mass is 32.2. The van der Waals surface area contributed by atoms with Gasteiger partial charge in [-0.25, -0.2) is 0 Å². The smallest absolute Gasteiger partial charge is 0.233 e. The summed E-state index contributed by atoms with van der Waals surface area (Å²) in [5, 5.41) is 13.6. The summed E-state index contributed by atoms with van der Waals surface area (Å²) < 4.78 is 1.47. The van der Waals surface area contributed by atoms with Crippen molar-refractivity contribution in [3.05, 3.63) is 0 Å². The lowest BCUT2D eigenvalue weighted by Gasteiger charge is -2.22. The predicted octanol–water partition coefficient (Wildman–Crippen LogP) is 2.55. The Morgan fingerprint density at radius 1 is 1.26 bits per heavy atom. The summed E-state index contributed by atoms with van der Waals surface area (Å²) in [6.45, 7) is 10.4. The monoisotopic (exact) mass is 376 g/mol. The molecule has 1 aromatic heterocycles. The van der Waals surface area contributed by atoms with E-state index >= 15 is 0 Å². The molecule has 0 unspecified atom stereocenters. The summed E-state index contributed by atoms with van der Waals surface area (Å²) in [7, 11) is 0. The minimum absolute atomic E-state index is 0.000763. The molecule has 130 valence electrons. The van der Waals surface area contributed by atoms with Gasteiger partial charge in [-0.15, -0.1) is 10.2 Å². The number of thioether (sulfide) groups is 2. The first-order chi connectivity index (χ1) is 10.7. The highest BCUT2D eigenvalue weighted by Gasteiger charge is 2.21. The Labute approximate surface area is 150 Å². The van der Waals surface area contributed by atoms with Crippen LogP contribution >= 0.6 is 34.9 Å². The average molecular weight is 377 g/mol. The molecule has 1 aromatic rings. The van der Waals surface area contributed by atoms with Gasteiger partial charge >= 0.3 is 0 Å². The zero-order valence-electron chi connectivity index (χ0n) is 14.1. The molecule has 1 atom stereocenters. The average Bonchev–Trinajstić information content (AvgIpc) is 2.88. The van der Waals surface area contributed by atoms with Gasteiger partial charge in [-0.05, 0) is 34.1 Å². The topological polar surface area (TPSA) is 84.0 Å². The van der Waals surface area contributed by atoms with Gasteiger partial charge in [0.05, 0.1) is 11.0 Å². The molecule has 1 heterocycles. The number of amides is 2. The van der Waals surface area contributed by atoms with E-state index in [1.165, 1.54) is 34.9 Å². The van der Waals surface area contributed by atoms with Crippen molar-refractivity contribution in [3.8, 4) is 0 Å². The fourth-order valence-corrected chi connectivity index (χ4v) is 4.42. The molecule has 0 spiro atoms. The number of hydrogen-bond acceptors (Lipinski definition) is 7. The van der Waals surface area contributed by atoms with Crippen molar-refractivity contribution >= 4 is 46.7 Å². The Morgan fingerprint density at radius 3 is 2.52 bits per heavy atom. The van der Waals surface area contributed by atoms with Crippen LogP contribution in [0.2, 0.25) is 0 Å². The van der Waals surface area contributed by atoms with Gasteiger partial charge in [-0.3, -0.25) is 9.59 Å². The van der Waals surface area contributed by atoms with Crippen LogP contribution in [0.1, 0.15) is 41.0 Å². The number of carbonyl (C=O) groups is 2. The number of nitrogens with one attached hydrogen (secondary N) is 2. The van der Waals surface area contributed by atoms with Gasteiger partial charge in [-0.1, -0.05) is 41.8 Å². The maximum atomic E-state index is 12.1. The first kappa shape index (κ1) is 20.2. The Balaban J connectivity index is 2.44. The lowest BCUT2D eigenvalue weighted by atomic mass is 10.1. The van der Waals surface area contributed by atoms with Crippen LogP contribution in [0.3, 0.4) is 0 Å². The molecule has 1 rings (SSSR count). The molecule has 0 aliphatic heterocycles. The fourth-order valence-electron chi connectivity index (χ4n) is 1.42. The largest absolute Gasteiger partial charge is 0.355 e. The molecule has 0 radical (unpaired) electrons. The van der Waals surface area contributed by atoms with Crippen molar-refractivity contribution in [2.24, 2.45) is 0 Å². The molecular formula is C14H24N4O2S3. The summed E-state index contributed by atoms with van der Waals surface area (Å²) in [6, 6.07) is 0. The van der Waals surface area contributed by atoms with Gasteiger partial charge < -0.3 is 10.6 Å². The number of carbonyl (C=O) groups excluding carboxylic acids is 2. The van der Waals surface area contributed by atoms with Crippen LogP contribution in [0, 0.1) is 0 Å². The van der Waals surface area contributed by atoms with E-state index in [4.69, 9.17) is 0 Å². The Kier molecular flexibility index (Phi) is 8.35. The molecule has 0 aliphatic carbocycles. The predicted molar refractivity (Wildman–Crippen MR) is 97.1 cm³/mol. The summed E-state index contributed by atoms with van der Waals surface area (Å²) in [4.78, 5) is 23.6. The Bertz CT molecular complexity index is 528. The molecule has 23 heavy (non-hydrogen) atoms. The molecule has 0 aromatic carbocycles. The zero-order valence-corrected chi connectivity index (χ0v) is 16.6. The number of nitrogens with zero attached hydrogens (tertiary/aromatic N) is 2. The first-order valence-electron chi connectivity index (χ1n) is 7.43. The van der Waals surface area contributed by atoms with Gasteiger partial charge in [0.2, 0.25) is 11.8 Å². The van der Waals surface area contributed by atoms with E-state index in [2.05, 4.69) is 20.8 Å². The van der Waals surface area contributed by atoms with Crippen LogP contribution in [0.5, 0.6) is 0 Å². The summed E-state index contributed by atoms with van der Waals surface area (Å²) in [6.07, 6.45) is 0.921. The lowest BCUT2D eigenvalue weighted by molar-refractivity contribution is -0.121. The van der Waals surface area contributed by atoms with E-state index in [9.17, 15) is 9.59 Å². The van der Waals surface area contributed by atoms with Gasteiger partial charge in [0, 0.05) is 12.1 Å². The van der Waals surface area contributed by atoms with Crippen LogP contribution < -0.4 is 10.6 Å². The van der Waals surface area contributed by atoms with Crippen LogP contribution in [-0.2, 0) is 9.59 Å². The van der Waals surface area contributed by atoms with Crippen molar-refractivity contribution in [2.45, 2.75) is 60.5 Å². The Hall–Kier alpha value is -0.800. The number of rotatable bonds is 8. The first-order valence-corrected chi connectivity index (χ1v) is 10.1. The van der Waals surface area contributed by atoms with E-state index in [0.717, 1.165) is 15.1 Å². The van der Waals surface area contributed by atoms with Crippen LogP contribution in [0.25, 0.3) is 0 Å². The van der Waals surface area contributed by atoms with Crippen LogP contribution in [-0.4, -0.2) is 45.1 Å². The summed E-state index contributed by atoms with van der Waals surface area (Å²) in [5.41, 5.74) is -0.250. The highest BCUT2D eigenvalue weighted by molar-refractivity contribution is 8.04. The van der Waals surface area contributed by atoms with Crippen molar-refractivity contribution in [3.63, 3.8) is 0 Å². The second-order valence-corrected chi connectivity index (χ2v) is 9.76. The minimum atomic E-state index is -0.250. The third kappa shape index (κ3) is 8.57. The number of hydrogen-bond donors (Lipinski definition) is 2. The van der Waals surface area contributed by atoms with Crippen molar-refractivity contribution in [1.82, 2.24) is 20.8 Å². The molecule has 0 fully saturated rings. The maximum Gasteiger partial charge on any atom is 0.233 e. The molecular weight excluding hydrogens is 352 g/mol. The SMILES string of the molecule is CCCNC(=O)CSc1nnc(S[C@@H](C)C(=O)NC(C)(C)C)s1. The lowest BCUT2D eigenvalue weighted by Crippen LogP contribution is -2.44. The van der Waals surface area contributed by atoms with E-state index in [-0.39, 0.29) is 22.6 Å². The van der Waals surface area contributed by atoms with Crippen LogP contribution in [0.15, 0.2) is 8.68 Å². The molecule has 2 amide bonds. The van der Waals surface area contributed by atoms with Gasteiger partial charge in [0.1, 0.15) is 0 Å². The Morgan fingerprint density at radius 2 is 1.91 bits per heavy atom. The second-order valence-electron chi connectivity index (χ2n) is 5.97. The van der Waals surface area contributed by atoms with E-state index in [1.54, 1.807) is 0 Å².